The Labute approximate surface area is 171 Å². The van der Waals surface area contributed by atoms with Gasteiger partial charge in [-0.3, -0.25) is 4.90 Å². The molecule has 1 aromatic rings. The molecule has 2 heterocycles. The van der Waals surface area contributed by atoms with E-state index < -0.39 is 0 Å². The van der Waals surface area contributed by atoms with E-state index in [4.69, 9.17) is 9.73 Å². The molecular weight excluding hydrogens is 348 g/mol. The number of rotatable bonds is 8. The molecule has 0 unspecified atom stereocenters. The van der Waals surface area contributed by atoms with Crippen molar-refractivity contribution in [2.75, 3.05) is 46.4 Å². The van der Waals surface area contributed by atoms with E-state index in [1.54, 1.807) is 0 Å². The highest BCUT2D eigenvalue weighted by Gasteiger charge is 2.15. The van der Waals surface area contributed by atoms with Gasteiger partial charge in [0.25, 0.3) is 0 Å². The maximum absolute atomic E-state index is 5.47. The number of guanidine groups is 1. The monoisotopic (exact) mass is 386 g/mol. The molecule has 0 saturated carbocycles. The summed E-state index contributed by atoms with van der Waals surface area (Å²) in [6.07, 6.45) is 6.32. The second-order valence-electron chi connectivity index (χ2n) is 8.24. The van der Waals surface area contributed by atoms with Crippen LogP contribution in [-0.2, 0) is 17.8 Å². The molecule has 0 aliphatic carbocycles. The van der Waals surface area contributed by atoms with E-state index in [1.807, 2.05) is 0 Å². The standard InChI is InChI=1S/C23H38N4O/c1-3-24-23(26(2)15-10-20-11-16-28-17-12-20)25-18-21-6-8-22(9-7-21)19-27-13-4-5-14-27/h6-9,20H,3-5,10-19H2,1-2H3,(H,24,25). The number of nitrogens with zero attached hydrogens (tertiary/aromatic N) is 3. The highest BCUT2D eigenvalue weighted by Crippen LogP contribution is 2.18. The highest BCUT2D eigenvalue weighted by molar-refractivity contribution is 5.79. The number of nitrogens with one attached hydrogen (secondary N) is 1. The predicted octanol–water partition coefficient (Wildman–Crippen LogP) is 3.50. The lowest BCUT2D eigenvalue weighted by Crippen LogP contribution is -2.40. The maximum atomic E-state index is 5.47. The van der Waals surface area contributed by atoms with Crippen LogP contribution < -0.4 is 5.32 Å². The Bertz CT molecular complexity index is 589. The van der Waals surface area contributed by atoms with Crippen LogP contribution in [0.25, 0.3) is 0 Å². The van der Waals surface area contributed by atoms with Crippen molar-refractivity contribution in [2.24, 2.45) is 10.9 Å². The van der Waals surface area contributed by atoms with Crippen molar-refractivity contribution in [3.63, 3.8) is 0 Å². The van der Waals surface area contributed by atoms with E-state index in [0.29, 0.717) is 0 Å². The first-order valence-electron chi connectivity index (χ1n) is 11.1. The summed E-state index contributed by atoms with van der Waals surface area (Å²) in [4.78, 5) is 9.70. The zero-order valence-electron chi connectivity index (χ0n) is 17.8. The average molecular weight is 387 g/mol. The number of likely N-dealkylation sites (tertiary alicyclic amines) is 1. The van der Waals surface area contributed by atoms with Crippen LogP contribution in [-0.4, -0.2) is 62.2 Å². The van der Waals surface area contributed by atoms with Crippen molar-refractivity contribution in [3.8, 4) is 0 Å². The Morgan fingerprint density at radius 1 is 1.14 bits per heavy atom. The Morgan fingerprint density at radius 3 is 2.50 bits per heavy atom. The topological polar surface area (TPSA) is 40.1 Å². The largest absolute Gasteiger partial charge is 0.381 e. The van der Waals surface area contributed by atoms with Crippen molar-refractivity contribution in [1.29, 1.82) is 0 Å². The first kappa shape index (κ1) is 21.1. The van der Waals surface area contributed by atoms with Gasteiger partial charge >= 0.3 is 0 Å². The highest BCUT2D eigenvalue weighted by atomic mass is 16.5. The fourth-order valence-electron chi connectivity index (χ4n) is 4.10. The zero-order valence-corrected chi connectivity index (χ0v) is 17.8. The minimum absolute atomic E-state index is 0.730. The number of hydrogen-bond donors (Lipinski definition) is 1. The number of benzene rings is 1. The average Bonchev–Trinajstić information content (AvgIpc) is 3.24. The smallest absolute Gasteiger partial charge is 0.193 e. The number of ether oxygens (including phenoxy) is 1. The van der Waals surface area contributed by atoms with Gasteiger partial charge in [0.15, 0.2) is 5.96 Å². The molecule has 2 saturated heterocycles. The van der Waals surface area contributed by atoms with E-state index in [9.17, 15) is 0 Å². The Kier molecular flexibility index (Phi) is 8.62. The molecule has 0 radical (unpaired) electrons. The molecule has 5 nitrogen and oxygen atoms in total. The Morgan fingerprint density at radius 2 is 1.82 bits per heavy atom. The van der Waals surface area contributed by atoms with Gasteiger partial charge in [-0.25, -0.2) is 4.99 Å². The van der Waals surface area contributed by atoms with E-state index in [2.05, 4.69) is 53.4 Å². The van der Waals surface area contributed by atoms with E-state index in [0.717, 1.165) is 51.3 Å². The lowest BCUT2D eigenvalue weighted by molar-refractivity contribution is 0.0625. The minimum Gasteiger partial charge on any atom is -0.381 e. The molecule has 2 fully saturated rings. The molecule has 0 amide bonds. The van der Waals surface area contributed by atoms with Crippen molar-refractivity contribution >= 4 is 5.96 Å². The molecule has 5 heteroatoms. The van der Waals surface area contributed by atoms with Crippen LogP contribution in [0.1, 0.15) is 50.2 Å². The molecule has 1 N–H and O–H groups in total. The normalized spacial score (nSPS) is 19.1. The maximum Gasteiger partial charge on any atom is 0.193 e. The summed E-state index contributed by atoms with van der Waals surface area (Å²) in [6.45, 7) is 10.2. The summed E-state index contributed by atoms with van der Waals surface area (Å²) in [7, 11) is 2.15. The van der Waals surface area contributed by atoms with Crippen LogP contribution in [0, 0.1) is 5.92 Å². The molecule has 1 aromatic carbocycles. The summed E-state index contributed by atoms with van der Waals surface area (Å²) in [5.74, 6) is 1.80. The van der Waals surface area contributed by atoms with Gasteiger partial charge in [0.05, 0.1) is 6.54 Å². The molecule has 0 bridgehead atoms. The quantitative estimate of drug-likeness (QED) is 0.548. The van der Waals surface area contributed by atoms with Gasteiger partial charge in [-0.15, -0.1) is 0 Å². The molecule has 0 spiro atoms. The third-order valence-corrected chi connectivity index (χ3v) is 5.95. The fraction of sp³-hybridized carbons (Fsp3) is 0.696. The molecular formula is C23H38N4O. The van der Waals surface area contributed by atoms with E-state index in [1.165, 1.54) is 56.3 Å². The number of hydrogen-bond acceptors (Lipinski definition) is 3. The van der Waals surface area contributed by atoms with Crippen molar-refractivity contribution in [1.82, 2.24) is 15.1 Å². The van der Waals surface area contributed by atoms with Crippen LogP contribution in [0.2, 0.25) is 0 Å². The van der Waals surface area contributed by atoms with Crippen LogP contribution in [0.4, 0.5) is 0 Å². The van der Waals surface area contributed by atoms with Gasteiger partial charge in [0.1, 0.15) is 0 Å². The summed E-state index contributed by atoms with van der Waals surface area (Å²) >= 11 is 0. The molecule has 28 heavy (non-hydrogen) atoms. The van der Waals surface area contributed by atoms with Crippen molar-refractivity contribution < 1.29 is 4.74 Å². The van der Waals surface area contributed by atoms with Gasteiger partial charge in [0.2, 0.25) is 0 Å². The SMILES string of the molecule is CCNC(=NCc1ccc(CN2CCCC2)cc1)N(C)CCC1CCOCC1. The first-order chi connectivity index (χ1) is 13.7. The second-order valence-corrected chi connectivity index (χ2v) is 8.24. The van der Waals surface area contributed by atoms with Gasteiger partial charge in [-0.05, 0) is 69.2 Å². The lowest BCUT2D eigenvalue weighted by Gasteiger charge is -2.26. The molecule has 0 atom stereocenters. The predicted molar refractivity (Wildman–Crippen MR) is 117 cm³/mol. The zero-order chi connectivity index (χ0) is 19.6. The van der Waals surface area contributed by atoms with Crippen LogP contribution >= 0.6 is 0 Å². The van der Waals surface area contributed by atoms with Crippen LogP contribution in [0.3, 0.4) is 0 Å². The molecule has 2 aliphatic rings. The summed E-state index contributed by atoms with van der Waals surface area (Å²) < 4.78 is 5.47. The third kappa shape index (κ3) is 6.78. The molecule has 3 rings (SSSR count). The van der Waals surface area contributed by atoms with Gasteiger partial charge in [-0.1, -0.05) is 24.3 Å². The third-order valence-electron chi connectivity index (χ3n) is 5.95. The van der Waals surface area contributed by atoms with Gasteiger partial charge < -0.3 is 15.0 Å². The lowest BCUT2D eigenvalue weighted by atomic mass is 9.96. The van der Waals surface area contributed by atoms with Crippen LogP contribution in [0.5, 0.6) is 0 Å². The van der Waals surface area contributed by atoms with Crippen molar-refractivity contribution in [3.05, 3.63) is 35.4 Å². The van der Waals surface area contributed by atoms with Gasteiger partial charge in [0, 0.05) is 39.9 Å². The summed E-state index contributed by atoms with van der Waals surface area (Å²) in [5, 5.41) is 3.44. The van der Waals surface area contributed by atoms with Crippen LogP contribution in [0.15, 0.2) is 29.3 Å². The Balaban J connectivity index is 1.49. The second kappa shape index (κ2) is 11.4. The molecule has 156 valence electrons. The fourth-order valence-corrected chi connectivity index (χ4v) is 4.10. The summed E-state index contributed by atoms with van der Waals surface area (Å²) in [5.41, 5.74) is 2.69. The number of aliphatic imine (C=N–C) groups is 1. The van der Waals surface area contributed by atoms with Gasteiger partial charge in [-0.2, -0.15) is 0 Å². The first-order valence-corrected chi connectivity index (χ1v) is 11.1. The van der Waals surface area contributed by atoms with Crippen molar-refractivity contribution in [2.45, 2.75) is 52.1 Å². The molecule has 2 aliphatic heterocycles. The Hall–Kier alpha value is -1.59. The van der Waals surface area contributed by atoms with E-state index in [-0.39, 0.29) is 0 Å². The summed E-state index contributed by atoms with van der Waals surface area (Å²) in [6, 6.07) is 9.01. The minimum atomic E-state index is 0.730. The van der Waals surface area contributed by atoms with E-state index >= 15 is 0 Å². The molecule has 0 aromatic heterocycles.